The molecule has 2 aromatic carbocycles. The fourth-order valence-corrected chi connectivity index (χ4v) is 6.30. The lowest BCUT2D eigenvalue weighted by Gasteiger charge is -2.30. The monoisotopic (exact) mass is 652 g/mol. The van der Waals surface area contributed by atoms with Crippen molar-refractivity contribution in [3.05, 3.63) is 65.2 Å². The molecule has 240 valence electrons. The Morgan fingerprint density at radius 2 is 1.76 bits per heavy atom. The highest BCUT2D eigenvalue weighted by Crippen LogP contribution is 2.20. The van der Waals surface area contributed by atoms with Gasteiger partial charge in [0.1, 0.15) is 18.1 Å². The van der Waals surface area contributed by atoms with Gasteiger partial charge in [0.2, 0.25) is 23.6 Å². The highest BCUT2D eigenvalue weighted by atomic mass is 32.2. The Balaban J connectivity index is 1.71. The normalized spacial score (nSPS) is 22.2. The van der Waals surface area contributed by atoms with E-state index in [0.717, 1.165) is 15.8 Å². The van der Waals surface area contributed by atoms with Crippen LogP contribution in [0.3, 0.4) is 0 Å². The maximum atomic E-state index is 14.0. The summed E-state index contributed by atoms with van der Waals surface area (Å²) in [5.41, 5.74) is 3.76. The van der Waals surface area contributed by atoms with Crippen LogP contribution < -0.4 is 21.3 Å². The molecule has 5 amide bonds. The van der Waals surface area contributed by atoms with Crippen molar-refractivity contribution in [2.75, 3.05) is 25.1 Å². The van der Waals surface area contributed by atoms with Gasteiger partial charge in [-0.3, -0.25) is 24.0 Å². The Labute approximate surface area is 271 Å². The van der Waals surface area contributed by atoms with Crippen molar-refractivity contribution in [3.63, 3.8) is 0 Å². The van der Waals surface area contributed by atoms with Gasteiger partial charge in [0, 0.05) is 12.1 Å². The van der Waals surface area contributed by atoms with E-state index in [-0.39, 0.29) is 19.0 Å². The van der Waals surface area contributed by atoms with E-state index in [2.05, 4.69) is 26.3 Å². The molecule has 0 bridgehead atoms. The van der Waals surface area contributed by atoms with E-state index in [1.807, 2.05) is 36.6 Å². The number of carbonyl (C=O) groups is 5. The number of hydrogen-bond donors (Lipinski definition) is 4. The van der Waals surface area contributed by atoms with Crippen molar-refractivity contribution in [1.82, 2.24) is 31.2 Å². The molecule has 0 unspecified atom stereocenters. The molecule has 4 rings (SSSR count). The van der Waals surface area contributed by atoms with Crippen LogP contribution in [0.1, 0.15) is 43.1 Å². The van der Waals surface area contributed by atoms with E-state index in [0.29, 0.717) is 24.2 Å². The molecular weight excluding hydrogens is 613 g/mol. The van der Waals surface area contributed by atoms with Crippen LogP contribution in [0.25, 0.3) is 10.2 Å². The van der Waals surface area contributed by atoms with Crippen molar-refractivity contribution >= 4 is 62.9 Å². The van der Waals surface area contributed by atoms with Crippen molar-refractivity contribution < 1.29 is 24.0 Å². The summed E-state index contributed by atoms with van der Waals surface area (Å²) in [7, 11) is 0. The predicted octanol–water partition coefficient (Wildman–Crippen LogP) is 2.36. The molecule has 3 aromatic rings. The fraction of sp³-hybridized carbons (Fsp3) is 0.438. The van der Waals surface area contributed by atoms with Gasteiger partial charge >= 0.3 is 0 Å². The first kappa shape index (κ1) is 33.9. The van der Waals surface area contributed by atoms with Crippen molar-refractivity contribution in [1.29, 1.82) is 0 Å². The van der Waals surface area contributed by atoms with Gasteiger partial charge in [0.05, 0.1) is 28.3 Å². The van der Waals surface area contributed by atoms with E-state index in [4.69, 9.17) is 0 Å². The minimum atomic E-state index is -0.949. The molecule has 1 aliphatic heterocycles. The van der Waals surface area contributed by atoms with Crippen LogP contribution in [0, 0.1) is 5.92 Å². The molecule has 0 saturated carbocycles. The summed E-state index contributed by atoms with van der Waals surface area (Å²) >= 11 is 2.93. The lowest BCUT2D eigenvalue weighted by atomic mass is 10.0. The van der Waals surface area contributed by atoms with Gasteiger partial charge in [-0.1, -0.05) is 44.2 Å². The SMILES string of the molecule is CSCC[C@@H]1NC(=O)[C@H](C(C)C)NC(=O)CN(C(=O)c2ccc3ncsc3c2)C[C@@H](Cc2ccccc2)NC(=O)[C@H](C)NC1=O. The Morgan fingerprint density at radius 1 is 1.00 bits per heavy atom. The number of benzene rings is 2. The molecule has 13 heteroatoms. The average Bonchev–Trinajstić information content (AvgIpc) is 3.49. The average molecular weight is 653 g/mol. The second-order valence-electron chi connectivity index (χ2n) is 11.5. The first-order valence-electron chi connectivity index (χ1n) is 14.9. The molecule has 0 aliphatic carbocycles. The van der Waals surface area contributed by atoms with Gasteiger partial charge in [0.25, 0.3) is 5.91 Å². The van der Waals surface area contributed by atoms with Crippen LogP contribution in [-0.2, 0) is 25.6 Å². The molecular formula is C32H40N6O5S2. The lowest BCUT2D eigenvalue weighted by molar-refractivity contribution is -0.134. The van der Waals surface area contributed by atoms with Crippen LogP contribution >= 0.6 is 23.1 Å². The molecule has 1 fully saturated rings. The van der Waals surface area contributed by atoms with Crippen LogP contribution in [0.15, 0.2) is 54.0 Å². The Kier molecular flexibility index (Phi) is 11.9. The molecule has 4 N–H and O–H groups in total. The summed E-state index contributed by atoms with van der Waals surface area (Å²) in [6.07, 6.45) is 2.61. The smallest absolute Gasteiger partial charge is 0.254 e. The standard InChI is InChI=1S/C32H40N6O5S2/c1-19(2)28-31(42)36-25(12-13-44-4)30(41)34-20(3)29(40)35-23(14-21-8-6-5-7-9-21)16-38(17-27(39)37-28)32(43)22-10-11-24-26(15-22)45-18-33-24/h5-11,15,18-20,23,25,28H,12-14,16-17H2,1-4H3,(H,34,41)(H,35,40)(H,36,42)(H,37,39)/t20-,23+,25-,28-/m0/s1. The second-order valence-corrected chi connectivity index (χ2v) is 13.3. The molecule has 45 heavy (non-hydrogen) atoms. The topological polar surface area (TPSA) is 150 Å². The third kappa shape index (κ3) is 9.27. The zero-order chi connectivity index (χ0) is 32.5. The fourth-order valence-electron chi connectivity index (χ4n) is 5.11. The van der Waals surface area contributed by atoms with Crippen LogP contribution in [0.5, 0.6) is 0 Å². The van der Waals surface area contributed by atoms with E-state index < -0.39 is 53.7 Å². The number of thiazole rings is 1. The van der Waals surface area contributed by atoms with Crippen molar-refractivity contribution in [2.45, 2.75) is 57.8 Å². The van der Waals surface area contributed by atoms with E-state index in [1.165, 1.54) is 28.0 Å². The molecule has 2 heterocycles. The number of hydrogen-bond acceptors (Lipinski definition) is 8. The molecule has 11 nitrogen and oxygen atoms in total. The number of fused-ring (bicyclic) bond motifs is 1. The third-order valence-corrected chi connectivity index (χ3v) is 9.01. The minimum Gasteiger partial charge on any atom is -0.349 e. The largest absolute Gasteiger partial charge is 0.349 e. The Hall–Kier alpha value is -3.97. The number of amides is 5. The van der Waals surface area contributed by atoms with E-state index in [9.17, 15) is 24.0 Å². The predicted molar refractivity (Wildman–Crippen MR) is 177 cm³/mol. The number of aromatic nitrogens is 1. The summed E-state index contributed by atoms with van der Waals surface area (Å²) in [4.78, 5) is 73.4. The van der Waals surface area contributed by atoms with Gasteiger partial charge in [-0.05, 0) is 61.5 Å². The van der Waals surface area contributed by atoms with Gasteiger partial charge in [-0.15, -0.1) is 11.3 Å². The first-order chi connectivity index (χ1) is 21.5. The summed E-state index contributed by atoms with van der Waals surface area (Å²) in [6.45, 7) is 4.82. The van der Waals surface area contributed by atoms with Gasteiger partial charge in [-0.25, -0.2) is 4.98 Å². The number of thioether (sulfide) groups is 1. The van der Waals surface area contributed by atoms with Crippen molar-refractivity contribution in [2.24, 2.45) is 5.92 Å². The second kappa shape index (κ2) is 15.8. The van der Waals surface area contributed by atoms with Crippen LogP contribution in [0.2, 0.25) is 0 Å². The van der Waals surface area contributed by atoms with Gasteiger partial charge in [0.15, 0.2) is 0 Å². The summed E-state index contributed by atoms with van der Waals surface area (Å²) in [5.74, 6) is -2.09. The van der Waals surface area contributed by atoms with E-state index >= 15 is 0 Å². The first-order valence-corrected chi connectivity index (χ1v) is 17.2. The Bertz CT molecular complexity index is 1510. The molecule has 4 atom stereocenters. The number of nitrogens with one attached hydrogen (secondary N) is 4. The van der Waals surface area contributed by atoms with Gasteiger partial charge in [-0.2, -0.15) is 11.8 Å². The maximum absolute atomic E-state index is 14.0. The van der Waals surface area contributed by atoms with Crippen LogP contribution in [-0.4, -0.2) is 88.7 Å². The zero-order valence-electron chi connectivity index (χ0n) is 25.9. The maximum Gasteiger partial charge on any atom is 0.254 e. The summed E-state index contributed by atoms with van der Waals surface area (Å²) in [5, 5.41) is 11.3. The molecule has 1 saturated heterocycles. The van der Waals surface area contributed by atoms with Gasteiger partial charge < -0.3 is 26.2 Å². The summed E-state index contributed by atoms with van der Waals surface area (Å²) in [6, 6.07) is 11.3. The third-order valence-electron chi connectivity index (χ3n) is 7.57. The quantitative estimate of drug-likeness (QED) is 0.306. The molecule has 0 spiro atoms. The minimum absolute atomic E-state index is 0.00315. The summed E-state index contributed by atoms with van der Waals surface area (Å²) < 4.78 is 0.829. The lowest BCUT2D eigenvalue weighted by Crippen LogP contribution is -2.57. The number of nitrogens with zero attached hydrogens (tertiary/aromatic N) is 2. The highest BCUT2D eigenvalue weighted by molar-refractivity contribution is 7.98. The molecule has 1 aromatic heterocycles. The zero-order valence-corrected chi connectivity index (χ0v) is 27.5. The number of rotatable bonds is 7. The number of carbonyl (C=O) groups excluding carboxylic acids is 5. The highest BCUT2D eigenvalue weighted by Gasteiger charge is 2.32. The van der Waals surface area contributed by atoms with Crippen LogP contribution in [0.4, 0.5) is 0 Å². The van der Waals surface area contributed by atoms with E-state index in [1.54, 1.807) is 44.5 Å². The van der Waals surface area contributed by atoms with Crippen molar-refractivity contribution in [3.8, 4) is 0 Å². The Morgan fingerprint density at radius 3 is 2.47 bits per heavy atom. The molecule has 1 aliphatic rings. The molecule has 0 radical (unpaired) electrons.